The molecule has 0 aromatic heterocycles. The summed E-state index contributed by atoms with van der Waals surface area (Å²) in [6.07, 6.45) is 1.46. The van der Waals surface area contributed by atoms with Crippen molar-refractivity contribution in [2.24, 2.45) is 11.3 Å². The number of hydrogen-bond donors (Lipinski definition) is 1. The summed E-state index contributed by atoms with van der Waals surface area (Å²) in [5, 5.41) is 9.82. The molecule has 6 heteroatoms. The number of amides is 2. The molecule has 154 valence electrons. The van der Waals surface area contributed by atoms with Crippen molar-refractivity contribution in [3.63, 3.8) is 0 Å². The zero-order chi connectivity index (χ0) is 19.9. The SMILES string of the molecule is CCOc1ccc(N2CC3CN(C(=O)N4CC[C@H](O)C4)C[C@@H]2C(C)(C)C3)cc1. The molecule has 2 amide bonds. The smallest absolute Gasteiger partial charge is 0.320 e. The number of rotatable bonds is 3. The van der Waals surface area contributed by atoms with Gasteiger partial charge >= 0.3 is 6.03 Å². The zero-order valence-corrected chi connectivity index (χ0v) is 17.3. The number of carbonyl (C=O) groups excluding carboxylic acids is 1. The number of nitrogens with zero attached hydrogens (tertiary/aromatic N) is 3. The van der Waals surface area contributed by atoms with E-state index in [-0.39, 0.29) is 23.6 Å². The van der Waals surface area contributed by atoms with Gasteiger partial charge < -0.3 is 24.5 Å². The second kappa shape index (κ2) is 7.47. The van der Waals surface area contributed by atoms with Gasteiger partial charge in [-0.1, -0.05) is 13.8 Å². The molecular weight excluding hydrogens is 354 g/mol. The van der Waals surface area contributed by atoms with Crippen LogP contribution in [0.5, 0.6) is 5.75 Å². The summed E-state index contributed by atoms with van der Waals surface area (Å²) in [7, 11) is 0. The van der Waals surface area contributed by atoms with Crippen molar-refractivity contribution in [1.29, 1.82) is 0 Å². The lowest BCUT2D eigenvalue weighted by Gasteiger charge is -2.48. The van der Waals surface area contributed by atoms with E-state index in [9.17, 15) is 9.90 Å². The monoisotopic (exact) mass is 387 g/mol. The first-order chi connectivity index (χ1) is 13.4. The second-order valence-corrected chi connectivity index (χ2v) is 9.23. The molecule has 1 N–H and O–H groups in total. The summed E-state index contributed by atoms with van der Waals surface area (Å²) in [4.78, 5) is 19.5. The van der Waals surface area contributed by atoms with E-state index in [1.807, 2.05) is 28.9 Å². The first-order valence-electron chi connectivity index (χ1n) is 10.6. The molecule has 4 heterocycles. The molecule has 0 radical (unpaired) electrons. The molecule has 4 aliphatic rings. The topological polar surface area (TPSA) is 56.2 Å². The molecule has 3 atom stereocenters. The predicted molar refractivity (Wildman–Crippen MR) is 110 cm³/mol. The number of hydrogen-bond acceptors (Lipinski definition) is 4. The van der Waals surface area contributed by atoms with E-state index in [2.05, 4.69) is 30.9 Å². The van der Waals surface area contributed by atoms with Crippen LogP contribution in [0, 0.1) is 11.3 Å². The first-order valence-corrected chi connectivity index (χ1v) is 10.6. The molecule has 1 unspecified atom stereocenters. The molecule has 5 rings (SSSR count). The van der Waals surface area contributed by atoms with E-state index in [1.54, 1.807) is 0 Å². The minimum atomic E-state index is -0.371. The third kappa shape index (κ3) is 3.66. The van der Waals surface area contributed by atoms with E-state index >= 15 is 0 Å². The van der Waals surface area contributed by atoms with Crippen molar-refractivity contribution < 1.29 is 14.6 Å². The van der Waals surface area contributed by atoms with E-state index < -0.39 is 0 Å². The van der Waals surface area contributed by atoms with Gasteiger partial charge in [0.15, 0.2) is 0 Å². The number of ether oxygens (including phenoxy) is 1. The Kier molecular flexibility index (Phi) is 5.17. The number of likely N-dealkylation sites (tertiary alicyclic amines) is 1. The lowest BCUT2D eigenvalue weighted by molar-refractivity contribution is 0.144. The summed E-state index contributed by atoms with van der Waals surface area (Å²) in [6, 6.07) is 8.74. The highest BCUT2D eigenvalue weighted by atomic mass is 16.5. The van der Waals surface area contributed by atoms with Crippen molar-refractivity contribution in [3.8, 4) is 5.75 Å². The molecule has 2 bridgehead atoms. The number of aliphatic hydroxyl groups is 1. The lowest BCUT2D eigenvalue weighted by Crippen LogP contribution is -2.54. The Morgan fingerprint density at radius 2 is 1.89 bits per heavy atom. The maximum atomic E-state index is 13.1. The van der Waals surface area contributed by atoms with Gasteiger partial charge in [0.05, 0.1) is 18.8 Å². The number of urea groups is 1. The molecule has 1 aromatic carbocycles. The summed E-state index contributed by atoms with van der Waals surface area (Å²) >= 11 is 0. The van der Waals surface area contributed by atoms with Crippen LogP contribution in [-0.4, -0.2) is 72.4 Å². The zero-order valence-electron chi connectivity index (χ0n) is 17.3. The molecule has 1 aromatic rings. The fraction of sp³-hybridized carbons (Fsp3) is 0.682. The third-order valence-electron chi connectivity index (χ3n) is 6.60. The van der Waals surface area contributed by atoms with Crippen molar-refractivity contribution in [2.75, 3.05) is 44.2 Å². The van der Waals surface area contributed by atoms with E-state index in [1.165, 1.54) is 5.69 Å². The number of benzene rings is 1. The van der Waals surface area contributed by atoms with Crippen LogP contribution < -0.4 is 9.64 Å². The van der Waals surface area contributed by atoms with E-state index in [0.717, 1.165) is 31.8 Å². The Morgan fingerprint density at radius 3 is 2.54 bits per heavy atom. The average Bonchev–Trinajstić information content (AvgIpc) is 2.93. The maximum absolute atomic E-state index is 13.1. The summed E-state index contributed by atoms with van der Waals surface area (Å²) in [5.74, 6) is 1.35. The molecule has 4 saturated heterocycles. The van der Waals surface area contributed by atoms with Crippen molar-refractivity contribution in [3.05, 3.63) is 24.3 Å². The van der Waals surface area contributed by atoms with Gasteiger partial charge in [-0.15, -0.1) is 0 Å². The molecule has 4 fully saturated rings. The Bertz CT molecular complexity index is 705. The molecule has 0 spiro atoms. The fourth-order valence-electron chi connectivity index (χ4n) is 5.29. The van der Waals surface area contributed by atoms with Gasteiger partial charge in [-0.2, -0.15) is 0 Å². The van der Waals surface area contributed by atoms with Gasteiger partial charge in [0.1, 0.15) is 5.75 Å². The standard InChI is InChI=1S/C22H33N3O3/c1-4-28-19-7-5-17(6-8-19)25-13-16-11-22(2,3)20(25)15-24(12-16)21(27)23-10-9-18(26)14-23/h5-8,16,18,20,26H,4,9-15H2,1-3H3/t16?,18-,20+/m0/s1. The minimum Gasteiger partial charge on any atom is -0.494 e. The number of anilines is 1. The quantitative estimate of drug-likeness (QED) is 0.867. The molecule has 6 nitrogen and oxygen atoms in total. The normalized spacial score (nSPS) is 29.1. The largest absolute Gasteiger partial charge is 0.494 e. The Labute approximate surface area is 168 Å². The number of fused-ring (bicyclic) bond motifs is 4. The molecule has 4 aliphatic heterocycles. The highest BCUT2D eigenvalue weighted by Crippen LogP contribution is 2.43. The average molecular weight is 388 g/mol. The van der Waals surface area contributed by atoms with Crippen LogP contribution in [-0.2, 0) is 0 Å². The first kappa shape index (κ1) is 19.4. The second-order valence-electron chi connectivity index (χ2n) is 9.23. The van der Waals surface area contributed by atoms with Crippen LogP contribution in [0.15, 0.2) is 24.3 Å². The van der Waals surface area contributed by atoms with Gasteiger partial charge in [-0.25, -0.2) is 4.79 Å². The van der Waals surface area contributed by atoms with Crippen LogP contribution in [0.3, 0.4) is 0 Å². The minimum absolute atomic E-state index is 0.0952. The molecular formula is C22H33N3O3. The van der Waals surface area contributed by atoms with Crippen molar-refractivity contribution in [2.45, 2.75) is 45.8 Å². The van der Waals surface area contributed by atoms with E-state index in [0.29, 0.717) is 32.0 Å². The van der Waals surface area contributed by atoms with Crippen molar-refractivity contribution >= 4 is 11.7 Å². The molecule has 0 saturated carbocycles. The van der Waals surface area contributed by atoms with Crippen LogP contribution in [0.4, 0.5) is 10.5 Å². The van der Waals surface area contributed by atoms with Crippen LogP contribution in [0.1, 0.15) is 33.6 Å². The number of β-amino-alcohol motifs (C(OH)–C–C–N with tert-alkyl or cyclic N) is 1. The van der Waals surface area contributed by atoms with Gasteiger partial charge in [0.2, 0.25) is 0 Å². The summed E-state index contributed by atoms with van der Waals surface area (Å²) < 4.78 is 5.59. The van der Waals surface area contributed by atoms with E-state index in [4.69, 9.17) is 4.74 Å². The van der Waals surface area contributed by atoms with Crippen LogP contribution in [0.2, 0.25) is 0 Å². The predicted octanol–water partition coefficient (Wildman–Crippen LogP) is 2.81. The van der Waals surface area contributed by atoms with Gasteiger partial charge in [-0.3, -0.25) is 0 Å². The lowest BCUT2D eigenvalue weighted by atomic mass is 9.73. The Balaban J connectivity index is 1.55. The Hall–Kier alpha value is -1.95. The van der Waals surface area contributed by atoms with Crippen LogP contribution >= 0.6 is 0 Å². The van der Waals surface area contributed by atoms with Crippen LogP contribution in [0.25, 0.3) is 0 Å². The van der Waals surface area contributed by atoms with Gasteiger partial charge in [-0.05, 0) is 55.4 Å². The number of aliphatic hydroxyl groups excluding tert-OH is 1. The number of carbonyl (C=O) groups is 1. The summed E-state index contributed by atoms with van der Waals surface area (Å²) in [5.41, 5.74) is 1.35. The van der Waals surface area contributed by atoms with Crippen molar-refractivity contribution in [1.82, 2.24) is 9.80 Å². The van der Waals surface area contributed by atoms with Gasteiger partial charge in [0.25, 0.3) is 0 Å². The highest BCUT2D eigenvalue weighted by molar-refractivity contribution is 5.75. The molecule has 28 heavy (non-hydrogen) atoms. The highest BCUT2D eigenvalue weighted by Gasteiger charge is 2.47. The Morgan fingerprint density at radius 1 is 1.14 bits per heavy atom. The summed E-state index contributed by atoms with van der Waals surface area (Å²) in [6.45, 7) is 11.0. The maximum Gasteiger partial charge on any atom is 0.320 e. The number of piperidine rings is 1. The molecule has 0 aliphatic carbocycles. The van der Waals surface area contributed by atoms with Gasteiger partial charge in [0, 0.05) is 38.4 Å². The third-order valence-corrected chi connectivity index (χ3v) is 6.60. The fourth-order valence-corrected chi connectivity index (χ4v) is 5.29.